The highest BCUT2D eigenvalue weighted by molar-refractivity contribution is 6.09. The van der Waals surface area contributed by atoms with Crippen LogP contribution < -0.4 is 10.2 Å². The summed E-state index contributed by atoms with van der Waals surface area (Å²) in [4.78, 5) is 14.3. The second-order valence-corrected chi connectivity index (χ2v) is 5.99. The van der Waals surface area contributed by atoms with Crippen LogP contribution >= 0.6 is 0 Å². The number of hydrogen-bond acceptors (Lipinski definition) is 3. The van der Waals surface area contributed by atoms with E-state index in [-0.39, 0.29) is 5.57 Å². The summed E-state index contributed by atoms with van der Waals surface area (Å²) in [6.07, 6.45) is 1.59. The van der Waals surface area contributed by atoms with Crippen molar-refractivity contribution in [2.75, 3.05) is 24.3 Å². The minimum Gasteiger partial charge on any atom is -0.378 e. The topological polar surface area (TPSA) is 56.1 Å². The first-order chi connectivity index (χ1) is 11.4. The second-order valence-electron chi connectivity index (χ2n) is 5.99. The van der Waals surface area contributed by atoms with Gasteiger partial charge in [0.15, 0.2) is 0 Å². The summed E-state index contributed by atoms with van der Waals surface area (Å²) in [7, 11) is 3.92. The van der Waals surface area contributed by atoms with E-state index in [2.05, 4.69) is 5.32 Å². The predicted molar refractivity (Wildman–Crippen MR) is 98.9 cm³/mol. The first kappa shape index (κ1) is 17.3. The van der Waals surface area contributed by atoms with E-state index in [9.17, 15) is 10.1 Å². The predicted octanol–water partition coefficient (Wildman–Crippen LogP) is 3.92. The summed E-state index contributed by atoms with van der Waals surface area (Å²) in [6, 6.07) is 15.4. The van der Waals surface area contributed by atoms with Crippen molar-refractivity contribution in [2.45, 2.75) is 13.8 Å². The van der Waals surface area contributed by atoms with Crippen LogP contribution in [0.2, 0.25) is 0 Å². The maximum absolute atomic E-state index is 12.3. The number of carbonyl (C=O) groups excluding carboxylic acids is 1. The van der Waals surface area contributed by atoms with Gasteiger partial charge in [-0.25, -0.2) is 0 Å². The van der Waals surface area contributed by atoms with E-state index in [0.717, 1.165) is 22.4 Å². The Balaban J connectivity index is 2.20. The van der Waals surface area contributed by atoms with Crippen molar-refractivity contribution in [3.63, 3.8) is 0 Å². The lowest BCUT2D eigenvalue weighted by Gasteiger charge is -2.12. The largest absolute Gasteiger partial charge is 0.378 e. The molecule has 4 nitrogen and oxygen atoms in total. The van der Waals surface area contributed by atoms with Gasteiger partial charge in [0.1, 0.15) is 11.6 Å². The maximum Gasteiger partial charge on any atom is 0.266 e. The average molecular weight is 319 g/mol. The van der Waals surface area contributed by atoms with Crippen molar-refractivity contribution in [2.24, 2.45) is 0 Å². The van der Waals surface area contributed by atoms with Gasteiger partial charge in [-0.15, -0.1) is 0 Å². The molecule has 2 aromatic carbocycles. The fourth-order valence-electron chi connectivity index (χ4n) is 2.43. The number of nitriles is 1. The summed E-state index contributed by atoms with van der Waals surface area (Å²) < 4.78 is 0. The van der Waals surface area contributed by atoms with Gasteiger partial charge in [0.2, 0.25) is 0 Å². The number of nitrogens with zero attached hydrogens (tertiary/aromatic N) is 2. The quantitative estimate of drug-likeness (QED) is 0.686. The molecule has 0 atom stereocenters. The summed E-state index contributed by atoms with van der Waals surface area (Å²) in [6.45, 7) is 3.94. The number of anilines is 2. The lowest BCUT2D eigenvalue weighted by Crippen LogP contribution is -2.13. The fraction of sp³-hybridized carbons (Fsp3) is 0.200. The molecule has 0 aliphatic carbocycles. The zero-order valence-electron chi connectivity index (χ0n) is 14.4. The van der Waals surface area contributed by atoms with E-state index in [1.165, 1.54) is 0 Å². The summed E-state index contributed by atoms with van der Waals surface area (Å²) in [5.74, 6) is -0.404. The zero-order chi connectivity index (χ0) is 17.7. The van der Waals surface area contributed by atoms with Crippen LogP contribution in [0.25, 0.3) is 6.08 Å². The highest BCUT2D eigenvalue weighted by Gasteiger charge is 2.10. The molecule has 0 heterocycles. The Hall–Kier alpha value is -3.06. The molecule has 4 heteroatoms. The van der Waals surface area contributed by atoms with Gasteiger partial charge >= 0.3 is 0 Å². The van der Waals surface area contributed by atoms with Gasteiger partial charge in [0.05, 0.1) is 0 Å². The summed E-state index contributed by atoms with van der Waals surface area (Å²) >= 11 is 0. The van der Waals surface area contributed by atoms with Crippen molar-refractivity contribution < 1.29 is 4.79 Å². The molecule has 0 unspecified atom stereocenters. The highest BCUT2D eigenvalue weighted by Crippen LogP contribution is 2.17. The van der Waals surface area contributed by atoms with Crippen molar-refractivity contribution in [3.8, 4) is 6.07 Å². The van der Waals surface area contributed by atoms with E-state index in [1.54, 1.807) is 6.08 Å². The smallest absolute Gasteiger partial charge is 0.266 e. The monoisotopic (exact) mass is 319 g/mol. The molecular formula is C20H21N3O. The van der Waals surface area contributed by atoms with E-state index in [1.807, 2.05) is 81.4 Å². The molecular weight excluding hydrogens is 298 g/mol. The Labute approximate surface area is 143 Å². The standard InChI is InChI=1S/C20H21N3O/c1-14-9-15(2)11-18(10-14)22-20(24)17(13-21)12-16-5-7-19(8-6-16)23(3)4/h5-12H,1-4H3,(H,22,24). The number of hydrogen-bond donors (Lipinski definition) is 1. The first-order valence-corrected chi connectivity index (χ1v) is 7.68. The Bertz CT molecular complexity index is 792. The van der Waals surface area contributed by atoms with Crippen LogP contribution in [0.5, 0.6) is 0 Å². The molecule has 0 saturated heterocycles. The molecule has 0 bridgehead atoms. The lowest BCUT2D eigenvalue weighted by molar-refractivity contribution is -0.112. The van der Waals surface area contributed by atoms with Crippen LogP contribution in [0.15, 0.2) is 48.0 Å². The minimum atomic E-state index is -0.404. The van der Waals surface area contributed by atoms with Crippen LogP contribution in [-0.4, -0.2) is 20.0 Å². The van der Waals surface area contributed by atoms with Gasteiger partial charge in [-0.2, -0.15) is 5.26 Å². The Kier molecular flexibility index (Phi) is 5.39. The average Bonchev–Trinajstić information content (AvgIpc) is 2.51. The number of rotatable bonds is 4. The maximum atomic E-state index is 12.3. The van der Waals surface area contributed by atoms with Crippen LogP contribution in [0, 0.1) is 25.2 Å². The van der Waals surface area contributed by atoms with Crippen LogP contribution in [0.4, 0.5) is 11.4 Å². The van der Waals surface area contributed by atoms with Crippen molar-refractivity contribution in [3.05, 3.63) is 64.7 Å². The third-order valence-corrected chi connectivity index (χ3v) is 3.57. The van der Waals surface area contributed by atoms with Crippen molar-refractivity contribution >= 4 is 23.4 Å². The normalized spacial score (nSPS) is 10.9. The Morgan fingerprint density at radius 2 is 1.67 bits per heavy atom. The van der Waals surface area contributed by atoms with Gasteiger partial charge in [0, 0.05) is 25.5 Å². The summed E-state index contributed by atoms with van der Waals surface area (Å²) in [5, 5.41) is 12.1. The zero-order valence-corrected chi connectivity index (χ0v) is 14.4. The minimum absolute atomic E-state index is 0.0757. The molecule has 1 amide bonds. The number of aryl methyl sites for hydroxylation is 2. The molecule has 122 valence electrons. The van der Waals surface area contributed by atoms with Crippen molar-refractivity contribution in [1.29, 1.82) is 5.26 Å². The van der Waals surface area contributed by atoms with Gasteiger partial charge in [0.25, 0.3) is 5.91 Å². The number of amides is 1. The Morgan fingerprint density at radius 3 is 2.17 bits per heavy atom. The third kappa shape index (κ3) is 4.47. The van der Waals surface area contributed by atoms with Gasteiger partial charge in [-0.05, 0) is 60.9 Å². The van der Waals surface area contributed by atoms with Gasteiger partial charge in [-0.3, -0.25) is 4.79 Å². The molecule has 0 spiro atoms. The number of benzene rings is 2. The van der Waals surface area contributed by atoms with E-state index in [0.29, 0.717) is 5.69 Å². The molecule has 0 aliphatic rings. The van der Waals surface area contributed by atoms with Crippen LogP contribution in [0.3, 0.4) is 0 Å². The van der Waals surface area contributed by atoms with Gasteiger partial charge in [-0.1, -0.05) is 18.2 Å². The molecule has 0 radical (unpaired) electrons. The van der Waals surface area contributed by atoms with E-state index in [4.69, 9.17) is 0 Å². The third-order valence-electron chi connectivity index (χ3n) is 3.57. The lowest BCUT2D eigenvalue weighted by atomic mass is 10.1. The molecule has 0 aliphatic heterocycles. The van der Waals surface area contributed by atoms with E-state index >= 15 is 0 Å². The number of nitrogens with one attached hydrogen (secondary N) is 1. The summed E-state index contributed by atoms with van der Waals surface area (Å²) in [5.41, 5.74) is 4.77. The highest BCUT2D eigenvalue weighted by atomic mass is 16.1. The molecule has 2 rings (SSSR count). The molecule has 0 saturated carbocycles. The molecule has 24 heavy (non-hydrogen) atoms. The SMILES string of the molecule is Cc1cc(C)cc(NC(=O)C(C#N)=Cc2ccc(N(C)C)cc2)c1. The van der Waals surface area contributed by atoms with Crippen LogP contribution in [-0.2, 0) is 4.79 Å². The molecule has 0 fully saturated rings. The van der Waals surface area contributed by atoms with Crippen LogP contribution in [0.1, 0.15) is 16.7 Å². The first-order valence-electron chi connectivity index (χ1n) is 7.68. The molecule has 2 aromatic rings. The molecule has 1 N–H and O–H groups in total. The Morgan fingerprint density at radius 1 is 1.08 bits per heavy atom. The van der Waals surface area contributed by atoms with E-state index < -0.39 is 5.91 Å². The van der Waals surface area contributed by atoms with Gasteiger partial charge < -0.3 is 10.2 Å². The fourth-order valence-corrected chi connectivity index (χ4v) is 2.43. The second kappa shape index (κ2) is 7.47. The van der Waals surface area contributed by atoms with Crippen molar-refractivity contribution in [1.82, 2.24) is 0 Å². The number of carbonyl (C=O) groups is 1. The molecule has 0 aromatic heterocycles.